The molecule has 0 rings (SSSR count). The first-order chi connectivity index (χ1) is 5.18. The first-order valence-electron chi connectivity index (χ1n) is 4.34. The van der Waals surface area contributed by atoms with Crippen molar-refractivity contribution in [2.24, 2.45) is 5.73 Å². The third-order valence-corrected chi connectivity index (χ3v) is 1.72. The zero-order chi connectivity index (χ0) is 8.69. The lowest BCUT2D eigenvalue weighted by Gasteiger charge is -2.05. The molecule has 0 aromatic heterocycles. The van der Waals surface area contributed by atoms with Crippen molar-refractivity contribution in [1.29, 1.82) is 0 Å². The largest absolute Gasteiger partial charge is 0.391 e. The Balaban J connectivity index is 3.40. The van der Waals surface area contributed by atoms with Crippen molar-refractivity contribution in [3.8, 4) is 0 Å². The summed E-state index contributed by atoms with van der Waals surface area (Å²) >= 11 is 0. The molecule has 0 aromatic carbocycles. The number of hydrogen-bond acceptors (Lipinski definition) is 2. The number of unbranched alkanes of at least 4 members (excludes halogenated alkanes) is 1. The van der Waals surface area contributed by atoms with E-state index in [1.807, 2.05) is 20.0 Å². The van der Waals surface area contributed by atoms with Gasteiger partial charge < -0.3 is 11.1 Å². The van der Waals surface area contributed by atoms with Crippen molar-refractivity contribution in [3.63, 3.8) is 0 Å². The average molecular weight is 156 g/mol. The Morgan fingerprint density at radius 2 is 2.27 bits per heavy atom. The lowest BCUT2D eigenvalue weighted by Crippen LogP contribution is -2.19. The van der Waals surface area contributed by atoms with Gasteiger partial charge in [0.25, 0.3) is 0 Å². The molecule has 3 N–H and O–H groups in total. The minimum atomic E-state index is 0.170. The molecule has 11 heavy (non-hydrogen) atoms. The van der Waals surface area contributed by atoms with Gasteiger partial charge in [0.05, 0.1) is 0 Å². The highest BCUT2D eigenvalue weighted by Gasteiger charge is 1.93. The molecule has 0 saturated heterocycles. The summed E-state index contributed by atoms with van der Waals surface area (Å²) in [5.41, 5.74) is 6.85. The third-order valence-electron chi connectivity index (χ3n) is 1.72. The summed E-state index contributed by atoms with van der Waals surface area (Å²) in [5, 5.41) is 3.23. The fraction of sp³-hybridized carbons (Fsp3) is 0.778. The first kappa shape index (κ1) is 10.5. The van der Waals surface area contributed by atoms with E-state index in [0.717, 1.165) is 6.54 Å². The highest BCUT2D eigenvalue weighted by atomic mass is 14.8. The van der Waals surface area contributed by atoms with E-state index in [2.05, 4.69) is 12.2 Å². The van der Waals surface area contributed by atoms with Crippen molar-refractivity contribution < 1.29 is 0 Å². The molecular formula is C9H20N2. The molecule has 0 fully saturated rings. The molecule has 0 aromatic rings. The number of nitrogens with two attached hydrogens (primary N) is 1. The summed E-state index contributed by atoms with van der Waals surface area (Å²) in [7, 11) is 0. The maximum absolute atomic E-state index is 5.64. The number of rotatable bonds is 5. The second-order valence-corrected chi connectivity index (χ2v) is 2.98. The van der Waals surface area contributed by atoms with Crippen LogP contribution in [0.1, 0.15) is 33.6 Å². The molecule has 1 unspecified atom stereocenters. The van der Waals surface area contributed by atoms with Crippen molar-refractivity contribution >= 4 is 0 Å². The van der Waals surface area contributed by atoms with Crippen molar-refractivity contribution in [2.45, 2.75) is 39.7 Å². The molecular weight excluding hydrogens is 136 g/mol. The van der Waals surface area contributed by atoms with E-state index < -0.39 is 0 Å². The van der Waals surface area contributed by atoms with Gasteiger partial charge in [-0.3, -0.25) is 0 Å². The molecule has 0 saturated carbocycles. The van der Waals surface area contributed by atoms with Crippen LogP contribution in [0.4, 0.5) is 0 Å². The van der Waals surface area contributed by atoms with Gasteiger partial charge in [0.15, 0.2) is 0 Å². The Labute approximate surface area is 69.9 Å². The normalized spacial score (nSPS) is 14.7. The maximum atomic E-state index is 5.64. The van der Waals surface area contributed by atoms with Gasteiger partial charge >= 0.3 is 0 Å². The van der Waals surface area contributed by atoms with Crippen LogP contribution >= 0.6 is 0 Å². The first-order valence-corrected chi connectivity index (χ1v) is 4.34. The van der Waals surface area contributed by atoms with Crippen LogP contribution in [0.3, 0.4) is 0 Å². The smallest absolute Gasteiger partial charge is 0.0239 e. The van der Waals surface area contributed by atoms with Gasteiger partial charge in [-0.25, -0.2) is 0 Å². The van der Waals surface area contributed by atoms with Crippen LogP contribution in [0.2, 0.25) is 0 Å². The van der Waals surface area contributed by atoms with Crippen LogP contribution in [-0.2, 0) is 0 Å². The minimum Gasteiger partial charge on any atom is -0.391 e. The summed E-state index contributed by atoms with van der Waals surface area (Å²) in [4.78, 5) is 0. The van der Waals surface area contributed by atoms with Crippen LogP contribution in [0, 0.1) is 0 Å². The lowest BCUT2D eigenvalue weighted by atomic mass is 10.2. The lowest BCUT2D eigenvalue weighted by molar-refractivity contribution is 0.723. The molecule has 0 heterocycles. The Hall–Kier alpha value is -0.500. The van der Waals surface area contributed by atoms with E-state index in [1.54, 1.807) is 0 Å². The zero-order valence-electron chi connectivity index (χ0n) is 7.85. The van der Waals surface area contributed by atoms with Gasteiger partial charge in [-0.15, -0.1) is 0 Å². The van der Waals surface area contributed by atoms with Crippen LogP contribution in [0.15, 0.2) is 11.8 Å². The van der Waals surface area contributed by atoms with Crippen LogP contribution < -0.4 is 11.1 Å². The highest BCUT2D eigenvalue weighted by Crippen LogP contribution is 1.94. The van der Waals surface area contributed by atoms with E-state index in [4.69, 9.17) is 5.73 Å². The SMILES string of the molecule is CCCCN/C=C(/C)C(C)N. The predicted molar refractivity (Wildman–Crippen MR) is 50.3 cm³/mol. The van der Waals surface area contributed by atoms with Crippen LogP contribution in [0.5, 0.6) is 0 Å². The molecule has 0 radical (unpaired) electrons. The number of nitrogens with one attached hydrogen (secondary N) is 1. The topological polar surface area (TPSA) is 38.0 Å². The Morgan fingerprint density at radius 1 is 1.64 bits per heavy atom. The second kappa shape index (κ2) is 6.23. The van der Waals surface area contributed by atoms with E-state index in [9.17, 15) is 0 Å². The highest BCUT2D eigenvalue weighted by molar-refractivity contribution is 5.03. The second-order valence-electron chi connectivity index (χ2n) is 2.98. The summed E-state index contributed by atoms with van der Waals surface area (Å²) in [5.74, 6) is 0. The summed E-state index contributed by atoms with van der Waals surface area (Å²) in [6, 6.07) is 0.170. The zero-order valence-corrected chi connectivity index (χ0v) is 7.85. The molecule has 0 aliphatic rings. The van der Waals surface area contributed by atoms with E-state index in [0.29, 0.717) is 0 Å². The van der Waals surface area contributed by atoms with Gasteiger partial charge in [0, 0.05) is 12.6 Å². The molecule has 0 amide bonds. The quantitative estimate of drug-likeness (QED) is 0.594. The molecule has 0 aliphatic carbocycles. The van der Waals surface area contributed by atoms with Gasteiger partial charge in [0.2, 0.25) is 0 Å². The molecule has 2 nitrogen and oxygen atoms in total. The summed E-state index contributed by atoms with van der Waals surface area (Å²) in [6.07, 6.45) is 4.47. The molecule has 0 spiro atoms. The summed E-state index contributed by atoms with van der Waals surface area (Å²) < 4.78 is 0. The Bertz CT molecular complexity index is 117. The summed E-state index contributed by atoms with van der Waals surface area (Å²) in [6.45, 7) is 7.28. The maximum Gasteiger partial charge on any atom is 0.0239 e. The Morgan fingerprint density at radius 3 is 2.73 bits per heavy atom. The fourth-order valence-electron chi connectivity index (χ4n) is 0.643. The van der Waals surface area contributed by atoms with Crippen LogP contribution in [0.25, 0.3) is 0 Å². The van der Waals surface area contributed by atoms with E-state index >= 15 is 0 Å². The predicted octanol–water partition coefficient (Wildman–Crippen LogP) is 1.63. The van der Waals surface area contributed by atoms with Crippen molar-refractivity contribution in [2.75, 3.05) is 6.54 Å². The van der Waals surface area contributed by atoms with Gasteiger partial charge in [0.1, 0.15) is 0 Å². The molecule has 66 valence electrons. The van der Waals surface area contributed by atoms with Gasteiger partial charge in [-0.1, -0.05) is 13.3 Å². The number of hydrogen-bond donors (Lipinski definition) is 2. The molecule has 1 atom stereocenters. The molecule has 0 aliphatic heterocycles. The molecule has 0 bridgehead atoms. The van der Waals surface area contributed by atoms with Crippen molar-refractivity contribution in [3.05, 3.63) is 11.8 Å². The van der Waals surface area contributed by atoms with Gasteiger partial charge in [-0.2, -0.15) is 0 Å². The monoisotopic (exact) mass is 156 g/mol. The average Bonchev–Trinajstić information content (AvgIpc) is 1.97. The minimum absolute atomic E-state index is 0.170. The van der Waals surface area contributed by atoms with Gasteiger partial charge in [-0.05, 0) is 32.0 Å². The molecule has 2 heteroatoms. The fourth-order valence-corrected chi connectivity index (χ4v) is 0.643. The van der Waals surface area contributed by atoms with Crippen LogP contribution in [-0.4, -0.2) is 12.6 Å². The third kappa shape index (κ3) is 5.92. The van der Waals surface area contributed by atoms with E-state index in [1.165, 1.54) is 18.4 Å². The Kier molecular flexibility index (Phi) is 5.94. The van der Waals surface area contributed by atoms with E-state index in [-0.39, 0.29) is 6.04 Å². The van der Waals surface area contributed by atoms with Crippen molar-refractivity contribution in [1.82, 2.24) is 5.32 Å². The standard InChI is InChI=1S/C9H20N2/c1-4-5-6-11-7-8(2)9(3)10/h7,9,11H,4-6,10H2,1-3H3/b8-7-.